The highest BCUT2D eigenvalue weighted by Crippen LogP contribution is 2.34. The van der Waals surface area contributed by atoms with Gasteiger partial charge in [-0.15, -0.1) is 0 Å². The highest BCUT2D eigenvalue weighted by atomic mass is 19.1. The number of nitro benzene ring substituents is 1. The van der Waals surface area contributed by atoms with Crippen molar-refractivity contribution in [3.8, 4) is 11.4 Å². The van der Waals surface area contributed by atoms with E-state index < -0.39 is 11.0 Å². The molecule has 1 amide bonds. The molecule has 0 saturated carbocycles. The van der Waals surface area contributed by atoms with E-state index in [9.17, 15) is 19.3 Å². The van der Waals surface area contributed by atoms with Gasteiger partial charge in [0.15, 0.2) is 0 Å². The number of amides is 1. The van der Waals surface area contributed by atoms with Crippen molar-refractivity contribution in [2.75, 3.05) is 6.54 Å². The van der Waals surface area contributed by atoms with Gasteiger partial charge in [0.2, 0.25) is 11.7 Å². The molecule has 8 nitrogen and oxygen atoms in total. The zero-order valence-corrected chi connectivity index (χ0v) is 15.5. The minimum atomic E-state index is -0.499. The van der Waals surface area contributed by atoms with Crippen LogP contribution in [0.25, 0.3) is 11.4 Å². The summed E-state index contributed by atoms with van der Waals surface area (Å²) in [5, 5.41) is 15.1. The van der Waals surface area contributed by atoms with E-state index in [1.807, 2.05) is 0 Å². The molecule has 0 spiro atoms. The van der Waals surface area contributed by atoms with Crippen LogP contribution >= 0.6 is 0 Å². The molecule has 0 unspecified atom stereocenters. The first kappa shape index (κ1) is 18.7. The van der Waals surface area contributed by atoms with Gasteiger partial charge in [-0.2, -0.15) is 4.98 Å². The van der Waals surface area contributed by atoms with Crippen LogP contribution in [0.4, 0.5) is 10.1 Å². The number of rotatable bonds is 4. The zero-order chi connectivity index (χ0) is 20.5. The Morgan fingerprint density at radius 3 is 2.76 bits per heavy atom. The fourth-order valence-electron chi connectivity index (χ4n) is 3.46. The summed E-state index contributed by atoms with van der Waals surface area (Å²) in [6.07, 6.45) is 1.39. The predicted molar refractivity (Wildman–Crippen MR) is 101 cm³/mol. The summed E-state index contributed by atoms with van der Waals surface area (Å²) in [5.41, 5.74) is 1.24. The second-order valence-electron chi connectivity index (χ2n) is 6.88. The highest BCUT2D eigenvalue weighted by Gasteiger charge is 2.35. The number of carbonyl (C=O) groups is 1. The van der Waals surface area contributed by atoms with E-state index in [1.165, 1.54) is 18.2 Å². The van der Waals surface area contributed by atoms with Gasteiger partial charge < -0.3 is 9.42 Å². The van der Waals surface area contributed by atoms with Gasteiger partial charge in [0.1, 0.15) is 11.9 Å². The molecule has 1 saturated heterocycles. The lowest BCUT2D eigenvalue weighted by atomic mass is 10.1. The molecule has 1 fully saturated rings. The molecule has 2 aromatic carbocycles. The molecule has 29 heavy (non-hydrogen) atoms. The lowest BCUT2D eigenvalue weighted by molar-refractivity contribution is -0.385. The number of nitrogens with zero attached hydrogens (tertiary/aromatic N) is 4. The first-order valence-electron chi connectivity index (χ1n) is 9.09. The van der Waals surface area contributed by atoms with E-state index in [1.54, 1.807) is 36.1 Å². The van der Waals surface area contributed by atoms with E-state index in [-0.39, 0.29) is 28.9 Å². The summed E-state index contributed by atoms with van der Waals surface area (Å²) in [6, 6.07) is 9.74. The number of aromatic nitrogens is 2. The van der Waals surface area contributed by atoms with E-state index in [0.717, 1.165) is 6.42 Å². The van der Waals surface area contributed by atoms with Gasteiger partial charge in [0.05, 0.1) is 4.92 Å². The second-order valence-corrected chi connectivity index (χ2v) is 6.88. The van der Waals surface area contributed by atoms with Crippen LogP contribution < -0.4 is 0 Å². The van der Waals surface area contributed by atoms with Crippen LogP contribution in [0.2, 0.25) is 0 Å². The monoisotopic (exact) mass is 396 g/mol. The second kappa shape index (κ2) is 7.42. The number of nitro groups is 1. The van der Waals surface area contributed by atoms with Gasteiger partial charge in [0.25, 0.3) is 11.6 Å². The molecule has 9 heteroatoms. The molecule has 1 aliphatic heterocycles. The number of benzene rings is 2. The quantitative estimate of drug-likeness (QED) is 0.487. The molecular formula is C20H17FN4O4. The fourth-order valence-corrected chi connectivity index (χ4v) is 3.46. The van der Waals surface area contributed by atoms with Crippen LogP contribution in [0.5, 0.6) is 0 Å². The molecule has 148 valence electrons. The Hall–Kier alpha value is -3.62. The predicted octanol–water partition coefficient (Wildman–Crippen LogP) is 4.07. The fraction of sp³-hybridized carbons (Fsp3) is 0.250. The van der Waals surface area contributed by atoms with Crippen molar-refractivity contribution in [1.29, 1.82) is 0 Å². The van der Waals surface area contributed by atoms with E-state index in [4.69, 9.17) is 4.52 Å². The van der Waals surface area contributed by atoms with E-state index >= 15 is 0 Å². The minimum Gasteiger partial charge on any atom is -0.337 e. The third-order valence-electron chi connectivity index (χ3n) is 5.00. The third kappa shape index (κ3) is 3.58. The first-order valence-corrected chi connectivity index (χ1v) is 9.09. The number of aryl methyl sites for hydroxylation is 1. The Kier molecular flexibility index (Phi) is 4.79. The van der Waals surface area contributed by atoms with Crippen LogP contribution in [0, 0.1) is 22.9 Å². The maximum atomic E-state index is 13.1. The van der Waals surface area contributed by atoms with Gasteiger partial charge >= 0.3 is 0 Å². The molecule has 0 radical (unpaired) electrons. The summed E-state index contributed by atoms with van der Waals surface area (Å²) in [7, 11) is 0. The summed E-state index contributed by atoms with van der Waals surface area (Å²) in [4.78, 5) is 29.7. The third-order valence-corrected chi connectivity index (χ3v) is 5.00. The Bertz CT molecular complexity index is 1080. The number of hydrogen-bond acceptors (Lipinski definition) is 6. The van der Waals surface area contributed by atoms with Gasteiger partial charge in [-0.1, -0.05) is 11.2 Å². The summed E-state index contributed by atoms with van der Waals surface area (Å²) < 4.78 is 18.5. The zero-order valence-electron chi connectivity index (χ0n) is 15.5. The molecule has 3 aromatic rings. The van der Waals surface area contributed by atoms with Crippen molar-refractivity contribution in [3.63, 3.8) is 0 Å². The molecular weight excluding hydrogens is 379 g/mol. The van der Waals surface area contributed by atoms with Crippen molar-refractivity contribution >= 4 is 11.6 Å². The summed E-state index contributed by atoms with van der Waals surface area (Å²) >= 11 is 0. The molecule has 1 atom stereocenters. The maximum Gasteiger partial charge on any atom is 0.273 e. The van der Waals surface area contributed by atoms with Crippen molar-refractivity contribution in [3.05, 3.63) is 75.4 Å². The van der Waals surface area contributed by atoms with Gasteiger partial charge in [-0.05, 0) is 50.1 Å². The van der Waals surface area contributed by atoms with Crippen molar-refractivity contribution in [2.45, 2.75) is 25.8 Å². The Morgan fingerprint density at radius 2 is 2.03 bits per heavy atom. The van der Waals surface area contributed by atoms with Crippen LogP contribution in [0.15, 0.2) is 47.0 Å². The number of carbonyl (C=O) groups excluding carboxylic acids is 1. The number of halogens is 1. The van der Waals surface area contributed by atoms with Crippen molar-refractivity contribution < 1.29 is 18.6 Å². The Morgan fingerprint density at radius 1 is 1.28 bits per heavy atom. The largest absolute Gasteiger partial charge is 0.337 e. The van der Waals surface area contributed by atoms with E-state index in [2.05, 4.69) is 10.1 Å². The molecule has 1 aliphatic rings. The molecule has 2 heterocycles. The molecule has 0 bridgehead atoms. The minimum absolute atomic E-state index is 0.0945. The lowest BCUT2D eigenvalue weighted by Gasteiger charge is -2.22. The van der Waals surface area contributed by atoms with Crippen LogP contribution in [0.3, 0.4) is 0 Å². The molecule has 4 rings (SSSR count). The number of hydrogen-bond donors (Lipinski definition) is 0. The van der Waals surface area contributed by atoms with Crippen LogP contribution in [-0.2, 0) is 0 Å². The average molecular weight is 396 g/mol. The topological polar surface area (TPSA) is 102 Å². The average Bonchev–Trinajstić information content (AvgIpc) is 3.37. The van der Waals surface area contributed by atoms with Crippen molar-refractivity contribution in [2.24, 2.45) is 0 Å². The lowest BCUT2D eigenvalue weighted by Crippen LogP contribution is -2.30. The number of likely N-dealkylation sites (tertiary alicyclic amines) is 1. The SMILES string of the molecule is Cc1ccc(C(=O)N2CCC[C@@H]2c2nc(-c3ccc(F)cc3)no2)cc1[N+](=O)[O-]. The van der Waals surface area contributed by atoms with Gasteiger partial charge in [-0.25, -0.2) is 4.39 Å². The summed E-state index contributed by atoms with van der Waals surface area (Å²) in [6.45, 7) is 2.11. The Labute approximate surface area is 165 Å². The summed E-state index contributed by atoms with van der Waals surface area (Å²) in [5.74, 6) is -0.0867. The normalized spacial score (nSPS) is 16.2. The Balaban J connectivity index is 1.60. The molecule has 0 N–H and O–H groups in total. The standard InChI is InChI=1S/C20H17FN4O4/c1-12-4-5-14(11-17(12)25(27)28)20(26)24-10-2-3-16(24)19-22-18(23-29-19)13-6-8-15(21)9-7-13/h4-9,11,16H,2-3,10H2,1H3/t16-/m1/s1. The molecule has 0 aliphatic carbocycles. The first-order chi connectivity index (χ1) is 13.9. The smallest absolute Gasteiger partial charge is 0.273 e. The van der Waals surface area contributed by atoms with Gasteiger partial charge in [-0.3, -0.25) is 14.9 Å². The van der Waals surface area contributed by atoms with Crippen LogP contribution in [0.1, 0.15) is 40.7 Å². The van der Waals surface area contributed by atoms with Crippen LogP contribution in [-0.4, -0.2) is 32.4 Å². The van der Waals surface area contributed by atoms with Crippen molar-refractivity contribution in [1.82, 2.24) is 15.0 Å². The van der Waals surface area contributed by atoms with Gasteiger partial charge in [0, 0.05) is 29.3 Å². The highest BCUT2D eigenvalue weighted by molar-refractivity contribution is 5.95. The molecule has 1 aromatic heterocycles. The maximum absolute atomic E-state index is 13.1. The van der Waals surface area contributed by atoms with E-state index in [0.29, 0.717) is 29.9 Å².